The summed E-state index contributed by atoms with van der Waals surface area (Å²) in [5, 5.41) is 10.0. The van der Waals surface area contributed by atoms with E-state index in [4.69, 9.17) is 10.8 Å². The summed E-state index contributed by atoms with van der Waals surface area (Å²) in [7, 11) is 0. The van der Waals surface area contributed by atoms with Crippen molar-refractivity contribution in [1.82, 2.24) is 0 Å². The van der Waals surface area contributed by atoms with Crippen molar-refractivity contribution in [3.63, 3.8) is 0 Å². The fourth-order valence-electron chi connectivity index (χ4n) is 1.44. The predicted molar refractivity (Wildman–Crippen MR) is 57.5 cm³/mol. The molecule has 1 aromatic carbocycles. The second kappa shape index (κ2) is 3.40. The molecule has 72 valence electrons. The van der Waals surface area contributed by atoms with E-state index >= 15 is 0 Å². The molecule has 2 rings (SSSR count). The molecule has 1 heterocycles. The van der Waals surface area contributed by atoms with Gasteiger partial charge in [0.1, 0.15) is 0 Å². The third-order valence-corrected chi connectivity index (χ3v) is 3.25. The largest absolute Gasteiger partial charge is 0.399 e. The van der Waals surface area contributed by atoms with Crippen molar-refractivity contribution in [3.05, 3.63) is 28.6 Å². The summed E-state index contributed by atoms with van der Waals surface area (Å²) in [4.78, 5) is 11.3. The van der Waals surface area contributed by atoms with Crippen molar-refractivity contribution in [2.24, 2.45) is 0 Å². The maximum atomic E-state index is 10.7. The molecule has 0 aliphatic carbocycles. The summed E-state index contributed by atoms with van der Waals surface area (Å²) in [5.41, 5.74) is 6.95. The van der Waals surface area contributed by atoms with Crippen LogP contribution in [-0.2, 0) is 6.61 Å². The number of aliphatic hydroxyl groups is 1. The van der Waals surface area contributed by atoms with Crippen LogP contribution < -0.4 is 5.73 Å². The highest BCUT2D eigenvalue weighted by Gasteiger charge is 2.10. The van der Waals surface area contributed by atoms with Gasteiger partial charge in [-0.3, -0.25) is 4.79 Å². The monoisotopic (exact) mass is 207 g/mol. The summed E-state index contributed by atoms with van der Waals surface area (Å²) in [5.74, 6) is 0. The average molecular weight is 207 g/mol. The zero-order valence-corrected chi connectivity index (χ0v) is 8.17. The van der Waals surface area contributed by atoms with E-state index in [9.17, 15) is 4.79 Å². The van der Waals surface area contributed by atoms with Crippen molar-refractivity contribution in [1.29, 1.82) is 0 Å². The number of carbonyl (C=O) groups excluding carboxylic acids is 1. The van der Waals surface area contributed by atoms with Crippen LogP contribution in [0.25, 0.3) is 10.1 Å². The van der Waals surface area contributed by atoms with Gasteiger partial charge in [-0.15, -0.1) is 11.3 Å². The SMILES string of the molecule is Nc1ccc2sc(C=O)c(CO)c2c1. The first-order valence-electron chi connectivity index (χ1n) is 4.13. The predicted octanol–water partition coefficient (Wildman–Crippen LogP) is 1.79. The first-order chi connectivity index (χ1) is 6.76. The van der Waals surface area contributed by atoms with Crippen LogP contribution in [0.5, 0.6) is 0 Å². The molecule has 0 aliphatic heterocycles. The Labute approximate surface area is 84.8 Å². The lowest BCUT2D eigenvalue weighted by atomic mass is 10.1. The molecule has 1 aromatic heterocycles. The van der Waals surface area contributed by atoms with Crippen molar-refractivity contribution >= 4 is 33.4 Å². The number of rotatable bonds is 2. The molecule has 0 saturated heterocycles. The number of anilines is 1. The lowest BCUT2D eigenvalue weighted by molar-refractivity contribution is 0.112. The third kappa shape index (κ3) is 1.29. The van der Waals surface area contributed by atoms with Gasteiger partial charge in [0.15, 0.2) is 6.29 Å². The molecule has 0 amide bonds. The number of benzene rings is 1. The maximum Gasteiger partial charge on any atom is 0.160 e. The van der Waals surface area contributed by atoms with Gasteiger partial charge in [0.2, 0.25) is 0 Å². The molecule has 0 spiro atoms. The molecular weight excluding hydrogens is 198 g/mol. The van der Waals surface area contributed by atoms with Gasteiger partial charge in [-0.2, -0.15) is 0 Å². The number of hydrogen-bond acceptors (Lipinski definition) is 4. The molecule has 2 aromatic rings. The van der Waals surface area contributed by atoms with Gasteiger partial charge in [-0.05, 0) is 18.2 Å². The fourth-order valence-corrected chi connectivity index (χ4v) is 2.45. The summed E-state index contributed by atoms with van der Waals surface area (Å²) >= 11 is 1.37. The Kier molecular flexibility index (Phi) is 2.23. The minimum Gasteiger partial charge on any atom is -0.399 e. The molecule has 0 saturated carbocycles. The van der Waals surface area contributed by atoms with Crippen LogP contribution >= 0.6 is 11.3 Å². The smallest absolute Gasteiger partial charge is 0.160 e. The number of carbonyl (C=O) groups is 1. The Morgan fingerprint density at radius 2 is 2.29 bits per heavy atom. The van der Waals surface area contributed by atoms with Gasteiger partial charge in [0.25, 0.3) is 0 Å². The normalized spacial score (nSPS) is 10.6. The fraction of sp³-hybridized carbons (Fsp3) is 0.100. The molecule has 0 bridgehead atoms. The van der Waals surface area contributed by atoms with Crippen molar-refractivity contribution in [2.75, 3.05) is 5.73 Å². The summed E-state index contributed by atoms with van der Waals surface area (Å²) in [6, 6.07) is 5.43. The number of nitrogens with two attached hydrogens (primary N) is 1. The van der Waals surface area contributed by atoms with E-state index in [1.807, 2.05) is 6.07 Å². The first kappa shape index (κ1) is 9.18. The minimum absolute atomic E-state index is 0.127. The lowest BCUT2D eigenvalue weighted by Crippen LogP contribution is -1.87. The first-order valence-corrected chi connectivity index (χ1v) is 4.95. The standard InChI is InChI=1S/C10H9NO2S/c11-6-1-2-9-7(3-6)8(4-12)10(5-13)14-9/h1-3,5,12H,4,11H2. The Hall–Kier alpha value is -1.39. The molecule has 3 N–H and O–H groups in total. The van der Waals surface area contributed by atoms with E-state index in [0.29, 0.717) is 16.1 Å². The zero-order valence-electron chi connectivity index (χ0n) is 7.36. The van der Waals surface area contributed by atoms with E-state index in [1.165, 1.54) is 11.3 Å². The molecule has 0 atom stereocenters. The quantitative estimate of drug-likeness (QED) is 0.583. The van der Waals surface area contributed by atoms with Crippen molar-refractivity contribution in [3.8, 4) is 0 Å². The maximum absolute atomic E-state index is 10.7. The highest BCUT2D eigenvalue weighted by molar-refractivity contribution is 7.20. The number of fused-ring (bicyclic) bond motifs is 1. The third-order valence-electron chi connectivity index (χ3n) is 2.11. The molecule has 0 unspecified atom stereocenters. The Morgan fingerprint density at radius 3 is 2.93 bits per heavy atom. The van der Waals surface area contributed by atoms with Crippen LogP contribution in [0.1, 0.15) is 15.2 Å². The van der Waals surface area contributed by atoms with Gasteiger partial charge in [-0.25, -0.2) is 0 Å². The zero-order chi connectivity index (χ0) is 10.1. The highest BCUT2D eigenvalue weighted by Crippen LogP contribution is 2.31. The minimum atomic E-state index is -0.127. The molecule has 0 aliphatic rings. The van der Waals surface area contributed by atoms with Crippen LogP contribution in [0.3, 0.4) is 0 Å². The van der Waals surface area contributed by atoms with E-state index < -0.39 is 0 Å². The molecule has 3 nitrogen and oxygen atoms in total. The number of thiophene rings is 1. The second-order valence-electron chi connectivity index (χ2n) is 2.98. The second-order valence-corrected chi connectivity index (χ2v) is 4.06. The van der Waals surface area contributed by atoms with E-state index in [2.05, 4.69) is 0 Å². The number of aldehydes is 1. The van der Waals surface area contributed by atoms with Gasteiger partial charge in [0, 0.05) is 21.3 Å². The van der Waals surface area contributed by atoms with Gasteiger partial charge < -0.3 is 10.8 Å². The summed E-state index contributed by atoms with van der Waals surface area (Å²) < 4.78 is 0.977. The molecule has 0 fully saturated rings. The van der Waals surface area contributed by atoms with Crippen LogP contribution in [0.2, 0.25) is 0 Å². The van der Waals surface area contributed by atoms with Crippen LogP contribution in [0, 0.1) is 0 Å². The summed E-state index contributed by atoms with van der Waals surface area (Å²) in [6.45, 7) is -0.127. The highest BCUT2D eigenvalue weighted by atomic mass is 32.1. The Bertz CT molecular complexity index is 490. The number of nitrogen functional groups attached to an aromatic ring is 1. The molecule has 0 radical (unpaired) electrons. The molecule has 14 heavy (non-hydrogen) atoms. The van der Waals surface area contributed by atoms with Crippen LogP contribution in [0.15, 0.2) is 18.2 Å². The lowest BCUT2D eigenvalue weighted by Gasteiger charge is -1.96. The Balaban J connectivity index is 2.81. The summed E-state index contributed by atoms with van der Waals surface area (Å²) in [6.07, 6.45) is 0.770. The van der Waals surface area contributed by atoms with E-state index in [-0.39, 0.29) is 6.61 Å². The number of aliphatic hydroxyl groups excluding tert-OH is 1. The Morgan fingerprint density at radius 1 is 1.50 bits per heavy atom. The van der Waals surface area contributed by atoms with Crippen LogP contribution in [-0.4, -0.2) is 11.4 Å². The van der Waals surface area contributed by atoms with E-state index in [1.54, 1.807) is 12.1 Å². The molecular formula is C10H9NO2S. The van der Waals surface area contributed by atoms with Gasteiger partial charge in [0.05, 0.1) is 11.5 Å². The number of hydrogen-bond donors (Lipinski definition) is 2. The van der Waals surface area contributed by atoms with Crippen molar-refractivity contribution < 1.29 is 9.90 Å². The topological polar surface area (TPSA) is 63.3 Å². The van der Waals surface area contributed by atoms with E-state index in [0.717, 1.165) is 16.4 Å². The van der Waals surface area contributed by atoms with Crippen molar-refractivity contribution in [2.45, 2.75) is 6.61 Å². The van der Waals surface area contributed by atoms with Gasteiger partial charge >= 0.3 is 0 Å². The average Bonchev–Trinajstić information content (AvgIpc) is 2.54. The molecule has 4 heteroatoms. The van der Waals surface area contributed by atoms with Gasteiger partial charge in [-0.1, -0.05) is 0 Å². The van der Waals surface area contributed by atoms with Crippen LogP contribution in [0.4, 0.5) is 5.69 Å².